The van der Waals surface area contributed by atoms with Crippen molar-refractivity contribution in [2.24, 2.45) is 5.73 Å². The Kier molecular flexibility index (Phi) is 7.32. The fourth-order valence-corrected chi connectivity index (χ4v) is 3.28. The van der Waals surface area contributed by atoms with E-state index < -0.39 is 5.54 Å². The molecule has 0 saturated heterocycles. The molecule has 2 rings (SSSR count). The van der Waals surface area contributed by atoms with Crippen LogP contribution in [0.15, 0.2) is 29.8 Å². The Labute approximate surface area is 146 Å². The topological polar surface area (TPSA) is 55.5 Å². The summed E-state index contributed by atoms with van der Waals surface area (Å²) in [4.78, 5) is 0. The van der Waals surface area contributed by atoms with Crippen molar-refractivity contribution in [2.75, 3.05) is 13.2 Å². The van der Waals surface area contributed by atoms with Crippen LogP contribution in [0.25, 0.3) is 0 Å². The average molecular weight is 332 g/mol. The van der Waals surface area contributed by atoms with Gasteiger partial charge in [-0.15, -0.1) is 0 Å². The van der Waals surface area contributed by atoms with Gasteiger partial charge in [-0.25, -0.2) is 0 Å². The lowest BCUT2D eigenvalue weighted by Gasteiger charge is -2.32. The van der Waals surface area contributed by atoms with Crippen LogP contribution in [0, 0.1) is 0 Å². The van der Waals surface area contributed by atoms with Gasteiger partial charge in [0.15, 0.2) is 0 Å². The highest BCUT2D eigenvalue weighted by atomic mass is 16.5. The monoisotopic (exact) mass is 331 g/mol. The van der Waals surface area contributed by atoms with Gasteiger partial charge in [0.1, 0.15) is 5.75 Å². The van der Waals surface area contributed by atoms with E-state index in [4.69, 9.17) is 10.5 Å². The number of hydrogen-bond acceptors (Lipinski definition) is 3. The fraction of sp³-hybridized carbons (Fsp3) is 0.619. The molecule has 0 bridgehead atoms. The second kappa shape index (κ2) is 9.24. The zero-order chi connectivity index (χ0) is 17.4. The van der Waals surface area contributed by atoms with Gasteiger partial charge in [0.25, 0.3) is 0 Å². The first kappa shape index (κ1) is 19.0. The highest BCUT2D eigenvalue weighted by Crippen LogP contribution is 2.30. The first-order chi connectivity index (χ1) is 11.6. The number of fused-ring (bicyclic) bond motifs is 1. The Morgan fingerprint density at radius 3 is 2.62 bits per heavy atom. The summed E-state index contributed by atoms with van der Waals surface area (Å²) in [6.45, 7) is 5.07. The number of benzene rings is 1. The fourth-order valence-electron chi connectivity index (χ4n) is 3.28. The summed E-state index contributed by atoms with van der Waals surface area (Å²) in [5.41, 5.74) is 9.53. The zero-order valence-corrected chi connectivity index (χ0v) is 15.3. The summed E-state index contributed by atoms with van der Waals surface area (Å²) < 4.78 is 5.90. The molecule has 1 atom stereocenters. The largest absolute Gasteiger partial charge is 0.494 e. The Morgan fingerprint density at radius 2 is 1.92 bits per heavy atom. The van der Waals surface area contributed by atoms with Gasteiger partial charge in [-0.1, -0.05) is 51.7 Å². The van der Waals surface area contributed by atoms with Gasteiger partial charge in [0.05, 0.1) is 18.8 Å². The Hall–Kier alpha value is -1.32. The minimum atomic E-state index is -0.578. The van der Waals surface area contributed by atoms with Crippen molar-refractivity contribution in [1.82, 2.24) is 0 Å². The van der Waals surface area contributed by atoms with E-state index in [2.05, 4.69) is 31.2 Å². The molecule has 0 aromatic heterocycles. The predicted molar refractivity (Wildman–Crippen MR) is 100 cm³/mol. The van der Waals surface area contributed by atoms with Crippen LogP contribution in [0.2, 0.25) is 0 Å². The van der Waals surface area contributed by atoms with E-state index >= 15 is 0 Å². The number of unbranched alkanes of at least 4 members (excludes halogenated alkanes) is 4. The lowest BCUT2D eigenvalue weighted by atomic mass is 9.79. The van der Waals surface area contributed by atoms with Gasteiger partial charge < -0.3 is 15.6 Å². The van der Waals surface area contributed by atoms with E-state index in [9.17, 15) is 5.11 Å². The van der Waals surface area contributed by atoms with Crippen molar-refractivity contribution in [2.45, 2.75) is 70.8 Å². The number of aliphatic hydroxyl groups is 1. The first-order valence-corrected chi connectivity index (χ1v) is 9.46. The van der Waals surface area contributed by atoms with E-state index in [1.165, 1.54) is 36.8 Å². The molecule has 134 valence electrons. The third-order valence-corrected chi connectivity index (χ3v) is 5.20. The van der Waals surface area contributed by atoms with Crippen molar-refractivity contribution in [3.05, 3.63) is 41.0 Å². The molecule has 0 heterocycles. The van der Waals surface area contributed by atoms with Gasteiger partial charge in [-0.2, -0.15) is 0 Å². The van der Waals surface area contributed by atoms with Crippen molar-refractivity contribution >= 4 is 0 Å². The summed E-state index contributed by atoms with van der Waals surface area (Å²) in [6.07, 6.45) is 10.9. The number of aliphatic hydroxyl groups excluding tert-OH is 1. The number of hydrogen-bond donors (Lipinski definition) is 2. The number of ether oxygens (including phenoxy) is 1. The molecular weight excluding hydrogens is 298 g/mol. The van der Waals surface area contributed by atoms with Crippen molar-refractivity contribution in [3.8, 4) is 5.75 Å². The van der Waals surface area contributed by atoms with Gasteiger partial charge in [-0.05, 0) is 54.5 Å². The highest BCUT2D eigenvalue weighted by molar-refractivity contribution is 5.44. The van der Waals surface area contributed by atoms with E-state index in [-0.39, 0.29) is 6.61 Å². The molecule has 0 amide bonds. The van der Waals surface area contributed by atoms with E-state index in [1.807, 2.05) is 6.92 Å². The first-order valence-electron chi connectivity index (χ1n) is 9.46. The standard InChI is InChI=1S/C21H33NO2/c1-3-5-6-7-8-13-24-20-12-10-17-14-19(11-9-18(17)15-20)21(22,4-2)16-23/h10-12,15,23H,3-9,13-14,16,22H2,1-2H3. The third kappa shape index (κ3) is 4.84. The summed E-state index contributed by atoms with van der Waals surface area (Å²) in [5.74, 6) is 0.970. The van der Waals surface area contributed by atoms with Crippen LogP contribution in [0.1, 0.15) is 63.5 Å². The summed E-state index contributed by atoms with van der Waals surface area (Å²) in [5, 5.41) is 9.62. The molecule has 1 aromatic rings. The maximum Gasteiger partial charge on any atom is 0.119 e. The molecule has 3 heteroatoms. The summed E-state index contributed by atoms with van der Waals surface area (Å²) >= 11 is 0. The molecule has 0 spiro atoms. The number of nitrogens with two attached hydrogens (primary N) is 1. The Morgan fingerprint density at radius 1 is 1.12 bits per heavy atom. The minimum Gasteiger partial charge on any atom is -0.494 e. The molecule has 3 N–H and O–H groups in total. The molecule has 1 aliphatic carbocycles. The molecular formula is C21H33NO2. The Balaban J connectivity index is 1.90. The second-order valence-electron chi connectivity index (χ2n) is 6.97. The predicted octanol–water partition coefficient (Wildman–Crippen LogP) is 4.16. The van der Waals surface area contributed by atoms with E-state index in [0.717, 1.165) is 43.6 Å². The summed E-state index contributed by atoms with van der Waals surface area (Å²) in [6, 6.07) is 6.39. The van der Waals surface area contributed by atoms with Crippen LogP contribution in [-0.2, 0) is 12.8 Å². The molecule has 3 nitrogen and oxygen atoms in total. The van der Waals surface area contributed by atoms with Crippen LogP contribution in [-0.4, -0.2) is 23.9 Å². The highest BCUT2D eigenvalue weighted by Gasteiger charge is 2.29. The molecule has 1 aromatic carbocycles. The average Bonchev–Trinajstić information content (AvgIpc) is 2.63. The molecule has 0 saturated carbocycles. The smallest absolute Gasteiger partial charge is 0.119 e. The van der Waals surface area contributed by atoms with Crippen LogP contribution >= 0.6 is 0 Å². The van der Waals surface area contributed by atoms with E-state index in [0.29, 0.717) is 0 Å². The molecule has 0 radical (unpaired) electrons. The molecule has 24 heavy (non-hydrogen) atoms. The molecule has 1 aliphatic rings. The molecule has 0 aliphatic heterocycles. The summed E-state index contributed by atoms with van der Waals surface area (Å²) in [7, 11) is 0. The van der Waals surface area contributed by atoms with Gasteiger partial charge in [-0.3, -0.25) is 0 Å². The molecule has 1 unspecified atom stereocenters. The van der Waals surface area contributed by atoms with Gasteiger partial charge in [0, 0.05) is 0 Å². The normalized spacial score (nSPS) is 16.2. The second-order valence-corrected chi connectivity index (χ2v) is 6.97. The zero-order valence-electron chi connectivity index (χ0n) is 15.3. The van der Waals surface area contributed by atoms with Crippen molar-refractivity contribution in [3.63, 3.8) is 0 Å². The molecule has 0 fully saturated rings. The minimum absolute atomic E-state index is 0.00386. The van der Waals surface area contributed by atoms with Crippen molar-refractivity contribution in [1.29, 1.82) is 0 Å². The number of allylic oxidation sites excluding steroid dienone is 1. The lowest BCUT2D eigenvalue weighted by Crippen LogP contribution is -2.46. The maximum absolute atomic E-state index is 9.62. The third-order valence-electron chi connectivity index (χ3n) is 5.20. The quantitative estimate of drug-likeness (QED) is 0.500. The number of rotatable bonds is 10. The van der Waals surface area contributed by atoms with E-state index in [1.54, 1.807) is 0 Å². The Bertz CT molecular complexity index is 547. The van der Waals surface area contributed by atoms with Crippen LogP contribution in [0.4, 0.5) is 0 Å². The maximum atomic E-state index is 9.62. The SMILES string of the molecule is CCCCCCCOc1ccc2c(c1)CC=C(C(N)(CC)CO)C2. The van der Waals surface area contributed by atoms with Crippen molar-refractivity contribution < 1.29 is 9.84 Å². The lowest BCUT2D eigenvalue weighted by molar-refractivity contribution is 0.213. The van der Waals surface area contributed by atoms with Gasteiger partial charge in [0.2, 0.25) is 0 Å². The van der Waals surface area contributed by atoms with Crippen LogP contribution < -0.4 is 10.5 Å². The van der Waals surface area contributed by atoms with Crippen LogP contribution in [0.5, 0.6) is 5.75 Å². The van der Waals surface area contributed by atoms with Crippen LogP contribution in [0.3, 0.4) is 0 Å². The van der Waals surface area contributed by atoms with Gasteiger partial charge >= 0.3 is 0 Å².